The van der Waals surface area contributed by atoms with Crippen LogP contribution in [0.4, 0.5) is 0 Å². The summed E-state index contributed by atoms with van der Waals surface area (Å²) in [5.41, 5.74) is 0. The van der Waals surface area contributed by atoms with Gasteiger partial charge in [-0.1, -0.05) is 13.8 Å². The van der Waals surface area contributed by atoms with Crippen LogP contribution in [0, 0.1) is 6.92 Å². The lowest BCUT2D eigenvalue weighted by atomic mass is 9.94. The molecule has 30 aliphatic heterocycles. The molecule has 0 aliphatic carbocycles. The maximum Gasteiger partial charge on any atom is 0.187 e. The van der Waals surface area contributed by atoms with Gasteiger partial charge in [0.2, 0.25) is 0 Å². The van der Waals surface area contributed by atoms with Gasteiger partial charge in [-0.25, -0.2) is 0 Å². The van der Waals surface area contributed by atoms with Crippen molar-refractivity contribution in [2.24, 2.45) is 0 Å². The average Bonchev–Trinajstić information content (AvgIpc) is 0.846. The molecule has 30 heterocycles. The third kappa shape index (κ3) is 14.8. The van der Waals surface area contributed by atoms with Gasteiger partial charge in [-0.3, -0.25) is 0 Å². The van der Waals surface area contributed by atoms with Crippen molar-refractivity contribution in [2.45, 2.75) is 253 Å². The number of hydrogen-bond donors (Lipinski definition) is 24. The van der Waals surface area contributed by atoms with E-state index in [9.17, 15) is 123 Å². The summed E-state index contributed by atoms with van der Waals surface area (Å²) in [7, 11) is 0. The maximum absolute atomic E-state index is 11.4. The van der Waals surface area contributed by atoms with Crippen molar-refractivity contribution in [1.29, 1.82) is 0 Å². The minimum absolute atomic E-state index is 1.08. The van der Waals surface area contributed by atoms with Crippen LogP contribution < -0.4 is 0 Å². The largest absolute Gasteiger partial charge is 0.394 e. The molecule has 0 aromatic heterocycles. The van der Waals surface area contributed by atoms with E-state index < -0.39 is 299 Å². The summed E-state index contributed by atoms with van der Waals surface area (Å²) < 4.78 is 91.1. The van der Waals surface area contributed by atoms with Crippen molar-refractivity contribution < 1.29 is 198 Å². The Balaban J connectivity index is 0.00000517. The predicted octanol–water partition coefficient (Wildman–Crippen LogP) is -16.6. The predicted molar refractivity (Wildman–Crippen MR) is 272 cm³/mol. The van der Waals surface area contributed by atoms with Crippen LogP contribution in [0.25, 0.3) is 0 Å². The second-order valence-corrected chi connectivity index (χ2v) is 22.5. The van der Waals surface area contributed by atoms with Crippen molar-refractivity contribution in [2.75, 3.05) is 52.9 Å². The highest BCUT2D eigenvalue weighted by Gasteiger charge is 2.60. The van der Waals surface area contributed by atoms with Crippen LogP contribution in [0.1, 0.15) is 6.92 Å². The molecule has 30 fully saturated rings. The van der Waals surface area contributed by atoms with E-state index >= 15 is 0 Å². The molecule has 30 saturated heterocycles. The van der Waals surface area contributed by atoms with E-state index in [0.717, 1.165) is 0 Å². The zero-order chi connectivity index (χ0) is 66.1. The molecule has 40 nitrogen and oxygen atoms in total. The Morgan fingerprint density at radius 1 is 0.167 bits per heavy atom. The minimum atomic E-state index is -2.25. The Kier molecular flexibility index (Phi) is 26.5. The van der Waals surface area contributed by atoms with Crippen molar-refractivity contribution in [3.63, 3.8) is 0 Å². The molecule has 1 radical (unpaired) electrons. The molecular weight excluding hydrogens is 1240 g/mol. The standard InChI is InChI=1S/C48H80O40.C2H5/c49-1-9-33-17(57)25(65)41(73-9)82-34-10(2-50)75-43(27(67)19(34)59)84-36-12(4-52)77-45(29(69)21(36)61)86-38-14(6-54)79-47(31(71)23(38)63)88-40-16(8-56)80-48(32(72)24(40)64)87-39-15(7-55)78-46(30(70)22(39)62)85-37-13(5-53)76-44(28(68)20(37)60)83-35-11(3-51)74-42(81-33)26(66)18(35)58;1-2/h9-72H,1-8H2;1H2,2H3/t9-,10-,11-,12-,13-,14-,15-,16-,17-,18-,19-,20-,21-,22-,23-,24-,25-,26-,27-,28-,29-,30-,31-,32-,33-,34-,35-,36-,37-,38-,39-,40-,41-,42-,43-,44-,45-,46-,47-,48-;/m1./s1. The Hall–Kier alpha value is -1.60. The Labute approximate surface area is 509 Å². The number of aliphatic hydroxyl groups excluding tert-OH is 24. The lowest BCUT2D eigenvalue weighted by Crippen LogP contribution is -2.69. The molecule has 90 heavy (non-hydrogen) atoms. The first-order chi connectivity index (χ1) is 42.9. The van der Waals surface area contributed by atoms with Gasteiger partial charge in [0, 0.05) is 0 Å². The molecule has 0 aromatic rings. The van der Waals surface area contributed by atoms with Crippen molar-refractivity contribution >= 4 is 0 Å². The van der Waals surface area contributed by atoms with Crippen LogP contribution in [0.2, 0.25) is 0 Å². The first-order valence-corrected chi connectivity index (χ1v) is 28.8. The molecule has 24 N–H and O–H groups in total. The van der Waals surface area contributed by atoms with Crippen LogP contribution in [0.15, 0.2) is 0 Å². The van der Waals surface area contributed by atoms with Crippen LogP contribution in [-0.4, -0.2) is 421 Å². The molecule has 525 valence electrons. The third-order valence-corrected chi connectivity index (χ3v) is 16.9. The Bertz CT molecular complexity index is 1710. The highest BCUT2D eigenvalue weighted by atomic mass is 16.8. The van der Waals surface area contributed by atoms with Crippen LogP contribution in [0.5, 0.6) is 0 Å². The van der Waals surface area contributed by atoms with E-state index in [0.29, 0.717) is 0 Å². The fraction of sp³-hybridized carbons (Fsp3) is 0.980. The van der Waals surface area contributed by atoms with Gasteiger partial charge in [-0.2, -0.15) is 0 Å². The van der Waals surface area contributed by atoms with Gasteiger partial charge in [-0.15, -0.1) is 0 Å². The highest BCUT2D eigenvalue weighted by Crippen LogP contribution is 2.40. The lowest BCUT2D eigenvalue weighted by Gasteiger charge is -2.50. The molecule has 0 unspecified atom stereocenters. The molecule has 0 saturated carbocycles. The summed E-state index contributed by atoms with van der Waals surface area (Å²) >= 11 is 0. The highest BCUT2D eigenvalue weighted by molar-refractivity contribution is 5.02. The summed E-state index contributed by atoms with van der Waals surface area (Å²) in [6.07, 6.45) is -82.0. The van der Waals surface area contributed by atoms with E-state index in [1.165, 1.54) is 0 Å². The van der Waals surface area contributed by atoms with E-state index in [4.69, 9.17) is 75.8 Å². The van der Waals surface area contributed by atoms with Gasteiger partial charge in [0.15, 0.2) is 50.3 Å². The normalized spacial score (nSPS) is 54.2. The van der Waals surface area contributed by atoms with Gasteiger partial charge in [0.25, 0.3) is 0 Å². The minimum Gasteiger partial charge on any atom is -0.394 e. The molecule has 40 heteroatoms. The number of ether oxygens (including phenoxy) is 16. The lowest BCUT2D eigenvalue weighted by molar-refractivity contribution is -0.404. The van der Waals surface area contributed by atoms with E-state index in [1.807, 2.05) is 0 Å². The van der Waals surface area contributed by atoms with Crippen LogP contribution >= 0.6 is 0 Å². The van der Waals surface area contributed by atoms with Gasteiger partial charge in [-0.05, 0) is 0 Å². The quantitative estimate of drug-likeness (QED) is 0.107. The van der Waals surface area contributed by atoms with Crippen LogP contribution in [0.3, 0.4) is 0 Å². The third-order valence-electron chi connectivity index (χ3n) is 16.9. The zero-order valence-electron chi connectivity index (χ0n) is 47.7. The summed E-state index contributed by atoms with van der Waals surface area (Å²) in [6, 6.07) is 0. The summed E-state index contributed by atoms with van der Waals surface area (Å²) in [6.45, 7) is -3.64. The second-order valence-electron chi connectivity index (χ2n) is 22.5. The molecule has 0 spiro atoms. The first-order valence-electron chi connectivity index (χ1n) is 28.8. The molecular formula is C50H85O40. The number of hydrogen-bond acceptors (Lipinski definition) is 40. The second kappa shape index (κ2) is 32.2. The summed E-state index contributed by atoms with van der Waals surface area (Å²) in [5, 5.41) is 265. The maximum atomic E-state index is 11.4. The van der Waals surface area contributed by atoms with Gasteiger partial charge in [0.05, 0.1) is 52.9 Å². The van der Waals surface area contributed by atoms with E-state index in [1.54, 1.807) is 6.92 Å². The first kappa shape index (κ1) is 74.2. The van der Waals surface area contributed by atoms with Crippen LogP contribution in [-0.2, 0) is 75.8 Å². The molecule has 40 atom stereocenters. The SMILES string of the molecule is OC[C@H]1O[C@@H]2O[C@H]3[C@H](O)[C@@H](O)[C@@H](O[C@H]4[C@H](O)[C@@H](O)[C@@H](O[C@H]5[C@H](O)[C@@H](O)[C@@H](O[C@H]6[C@H](O)[C@@H](O)[C@@H](O[C@H]7[C@H](O)[C@@H](O)[C@@H](O[C@H]8[C@H](O)[C@@H](O)[C@@H](O[C@H]9[C@H](O)[C@@H](O)[C@@H](O[C@H]1[C@H](O)[C@H]2O)O[C@@H]9CO)O[C@@H]8CO)O[C@@H]7CO)O[C@@H]6CO)O[C@@H]5CO)O[C@@H]4CO)O[C@@H]3CO.[CH2]C. The van der Waals surface area contributed by atoms with Gasteiger partial charge < -0.3 is 198 Å². The Morgan fingerprint density at radius 2 is 0.256 bits per heavy atom. The Morgan fingerprint density at radius 3 is 0.333 bits per heavy atom. The fourth-order valence-corrected chi connectivity index (χ4v) is 11.9. The van der Waals surface area contributed by atoms with E-state index in [2.05, 4.69) is 6.92 Å². The van der Waals surface area contributed by atoms with Gasteiger partial charge >= 0.3 is 0 Å². The summed E-state index contributed by atoms with van der Waals surface area (Å²) in [4.78, 5) is 0. The van der Waals surface area contributed by atoms with E-state index in [-0.39, 0.29) is 0 Å². The number of aliphatic hydroxyl groups is 24. The monoisotopic (exact) mass is 1330 g/mol. The summed E-state index contributed by atoms with van der Waals surface area (Å²) in [5.74, 6) is 0. The number of rotatable bonds is 8. The molecule has 16 bridgehead atoms. The fourth-order valence-electron chi connectivity index (χ4n) is 11.9. The van der Waals surface area contributed by atoms with Crippen molar-refractivity contribution in [3.8, 4) is 0 Å². The molecule has 0 amide bonds. The average molecular weight is 1330 g/mol. The van der Waals surface area contributed by atoms with Crippen molar-refractivity contribution in [3.05, 3.63) is 6.92 Å². The van der Waals surface area contributed by atoms with Gasteiger partial charge in [0.1, 0.15) is 195 Å². The van der Waals surface area contributed by atoms with Crippen molar-refractivity contribution in [1.82, 2.24) is 0 Å². The zero-order valence-corrected chi connectivity index (χ0v) is 47.7. The smallest absolute Gasteiger partial charge is 0.187 e. The topological polar surface area (TPSA) is 633 Å². The molecule has 0 aromatic carbocycles. The molecule has 30 aliphatic rings. The molecule has 30 rings (SSSR count).